The zero-order valence-electron chi connectivity index (χ0n) is 25.5. The van der Waals surface area contributed by atoms with Crippen LogP contribution in [0.2, 0.25) is 10.0 Å². The maximum absolute atomic E-state index is 15.4. The largest absolute Gasteiger partial charge is 0.357 e. The molecule has 1 unspecified atom stereocenters. The van der Waals surface area contributed by atoms with Crippen molar-refractivity contribution in [1.29, 1.82) is 0 Å². The number of tetrazole rings is 1. The summed E-state index contributed by atoms with van der Waals surface area (Å²) in [5.41, 5.74) is 1.46. The quantitative estimate of drug-likeness (QED) is 0.198. The molecule has 0 bridgehead atoms. The van der Waals surface area contributed by atoms with Crippen LogP contribution in [0, 0.1) is 11.7 Å². The van der Waals surface area contributed by atoms with Gasteiger partial charge in [0.1, 0.15) is 18.0 Å². The van der Waals surface area contributed by atoms with Gasteiger partial charge >= 0.3 is 0 Å². The molecule has 4 atom stereocenters. The number of halogens is 3. The van der Waals surface area contributed by atoms with E-state index in [-0.39, 0.29) is 30.5 Å². The normalized spacial score (nSPS) is 22.3. The number of hydrogen-bond acceptors (Lipinski definition) is 7. The number of ether oxygens (including phenoxy) is 1. The Morgan fingerprint density at radius 2 is 1.72 bits per heavy atom. The number of amides is 1. The fraction of sp³-hybridized carbons (Fsp3) is 0.394. The lowest BCUT2D eigenvalue weighted by molar-refractivity contribution is -0.180. The molecule has 10 nitrogen and oxygen atoms in total. The first-order chi connectivity index (χ1) is 22.6. The van der Waals surface area contributed by atoms with Gasteiger partial charge in [0.05, 0.1) is 29.6 Å². The second-order valence-corrected chi connectivity index (χ2v) is 15.4. The SMILES string of the molecule is Cn1nnnc1C[C@H]1OC(c2cccc(Cl)c2)[C@@H](c2ccc(Cl)cc2)N([C@H](CN(c2ccccc2F)S(=O)(=O)C2CC2)C2CC2)C1=O. The Labute approximate surface area is 282 Å². The molecule has 1 aromatic heterocycles. The third-order valence-corrected chi connectivity index (χ3v) is 11.9. The average molecular weight is 700 g/mol. The van der Waals surface area contributed by atoms with Crippen LogP contribution in [0.25, 0.3) is 0 Å². The highest BCUT2D eigenvalue weighted by Crippen LogP contribution is 2.49. The number of para-hydroxylation sites is 1. The van der Waals surface area contributed by atoms with Gasteiger partial charge in [-0.15, -0.1) is 5.10 Å². The summed E-state index contributed by atoms with van der Waals surface area (Å²) in [6, 6.07) is 19.1. The molecular weight excluding hydrogens is 666 g/mol. The van der Waals surface area contributed by atoms with Gasteiger partial charge in [0.15, 0.2) is 5.82 Å². The summed E-state index contributed by atoms with van der Waals surface area (Å²) < 4.78 is 52.8. The van der Waals surface area contributed by atoms with Crippen LogP contribution in [0.15, 0.2) is 72.8 Å². The van der Waals surface area contributed by atoms with Crippen molar-refractivity contribution in [2.75, 3.05) is 10.8 Å². The number of hydrogen-bond donors (Lipinski definition) is 0. The summed E-state index contributed by atoms with van der Waals surface area (Å²) in [5, 5.41) is 12.2. The van der Waals surface area contributed by atoms with Crippen LogP contribution in [0.4, 0.5) is 10.1 Å². The fourth-order valence-electron chi connectivity index (χ4n) is 6.44. The predicted molar refractivity (Wildman–Crippen MR) is 175 cm³/mol. The molecule has 3 fully saturated rings. The standard InChI is InChI=1S/C33H33Cl2FN6O4S/c1-40-30(37-38-39-40)18-29-33(43)42(31(21-11-13-23(34)14-12-21)32(46-29)22-5-4-6-24(35)17-22)28(20-9-10-20)19-41(47(44,45)25-15-16-25)27-8-3-2-7-26(27)36/h2-8,11-14,17,20,25,28-29,31-32H,9-10,15-16,18-19H2,1H3/t28-,29-,31-,32?/m1/s1. The van der Waals surface area contributed by atoms with Crippen molar-refractivity contribution < 1.29 is 22.3 Å². The van der Waals surface area contributed by atoms with E-state index in [9.17, 15) is 13.2 Å². The lowest BCUT2D eigenvalue weighted by atomic mass is 9.89. The zero-order valence-corrected chi connectivity index (χ0v) is 27.8. The van der Waals surface area contributed by atoms with E-state index in [2.05, 4.69) is 15.5 Å². The van der Waals surface area contributed by atoms with Gasteiger partial charge in [0.2, 0.25) is 10.0 Å². The lowest BCUT2D eigenvalue weighted by Crippen LogP contribution is -2.59. The molecule has 4 aromatic rings. The molecule has 3 aromatic carbocycles. The number of carbonyl (C=O) groups excluding carboxylic acids is 1. The Bertz CT molecular complexity index is 1890. The molecule has 0 radical (unpaired) electrons. The number of sulfonamides is 1. The Hall–Kier alpha value is -3.58. The molecule has 7 rings (SSSR count). The number of rotatable bonds is 11. The van der Waals surface area contributed by atoms with Gasteiger partial charge in [-0.3, -0.25) is 9.10 Å². The predicted octanol–water partition coefficient (Wildman–Crippen LogP) is 5.69. The molecule has 1 amide bonds. The van der Waals surface area contributed by atoms with Crippen molar-refractivity contribution in [2.24, 2.45) is 13.0 Å². The van der Waals surface area contributed by atoms with Crippen molar-refractivity contribution in [3.8, 4) is 0 Å². The van der Waals surface area contributed by atoms with E-state index in [1.54, 1.807) is 42.3 Å². The van der Waals surface area contributed by atoms with Gasteiger partial charge in [0, 0.05) is 23.5 Å². The van der Waals surface area contributed by atoms with E-state index in [4.69, 9.17) is 27.9 Å². The molecule has 0 spiro atoms. The monoisotopic (exact) mass is 698 g/mol. The summed E-state index contributed by atoms with van der Waals surface area (Å²) in [6.07, 6.45) is 0.968. The number of anilines is 1. The second kappa shape index (κ2) is 12.8. The minimum absolute atomic E-state index is 0.0207. The molecule has 2 saturated carbocycles. The number of nitrogens with zero attached hydrogens (tertiary/aromatic N) is 6. The lowest BCUT2D eigenvalue weighted by Gasteiger charge is -2.49. The Balaban J connectivity index is 1.38. The number of aromatic nitrogens is 4. The van der Waals surface area contributed by atoms with Crippen LogP contribution >= 0.6 is 23.2 Å². The Kier molecular flexibility index (Phi) is 8.71. The summed E-state index contributed by atoms with van der Waals surface area (Å²) in [6.45, 7) is -0.110. The maximum Gasteiger partial charge on any atom is 0.253 e. The van der Waals surface area contributed by atoms with Crippen LogP contribution in [-0.2, 0) is 33.0 Å². The molecule has 0 N–H and O–H groups in total. The molecule has 2 aliphatic carbocycles. The van der Waals surface area contributed by atoms with Gasteiger partial charge in [-0.1, -0.05) is 59.6 Å². The van der Waals surface area contributed by atoms with Crippen LogP contribution < -0.4 is 4.31 Å². The van der Waals surface area contributed by atoms with E-state index >= 15 is 4.39 Å². The van der Waals surface area contributed by atoms with Crippen molar-refractivity contribution in [1.82, 2.24) is 25.1 Å². The molecule has 14 heteroatoms. The Morgan fingerprint density at radius 1 is 0.979 bits per heavy atom. The second-order valence-electron chi connectivity index (χ2n) is 12.4. The Morgan fingerprint density at radius 3 is 2.36 bits per heavy atom. The minimum Gasteiger partial charge on any atom is -0.357 e. The van der Waals surface area contributed by atoms with Crippen molar-refractivity contribution in [3.05, 3.63) is 106 Å². The number of aryl methyl sites for hydroxylation is 1. The van der Waals surface area contributed by atoms with Gasteiger partial charge in [-0.2, -0.15) is 0 Å². The minimum atomic E-state index is -3.92. The van der Waals surface area contributed by atoms with Gasteiger partial charge in [-0.25, -0.2) is 17.5 Å². The molecule has 2 heterocycles. The topological polar surface area (TPSA) is 111 Å². The summed E-state index contributed by atoms with van der Waals surface area (Å²) >= 11 is 12.8. The van der Waals surface area contributed by atoms with E-state index in [1.165, 1.54) is 27.2 Å². The molecule has 1 saturated heterocycles. The first kappa shape index (κ1) is 32.0. The van der Waals surface area contributed by atoms with Crippen LogP contribution in [-0.4, -0.2) is 63.4 Å². The molecule has 3 aliphatic rings. The number of morpholine rings is 1. The highest BCUT2D eigenvalue weighted by molar-refractivity contribution is 7.93. The van der Waals surface area contributed by atoms with Crippen molar-refractivity contribution >= 4 is 44.8 Å². The third-order valence-electron chi connectivity index (χ3n) is 9.14. The van der Waals surface area contributed by atoms with Gasteiger partial charge in [-0.05, 0) is 89.6 Å². The summed E-state index contributed by atoms with van der Waals surface area (Å²) in [5.74, 6) is -0.545. The average Bonchev–Trinajstić information content (AvgIpc) is 3.98. The smallest absolute Gasteiger partial charge is 0.253 e. The molecule has 1 aliphatic heterocycles. The molecule has 246 valence electrons. The summed E-state index contributed by atoms with van der Waals surface area (Å²) in [7, 11) is -2.23. The number of carbonyl (C=O) groups is 1. The number of benzene rings is 3. The molecular formula is C33H33Cl2FN6O4S. The van der Waals surface area contributed by atoms with Crippen LogP contribution in [0.3, 0.4) is 0 Å². The van der Waals surface area contributed by atoms with E-state index in [0.29, 0.717) is 28.7 Å². The fourth-order valence-corrected chi connectivity index (χ4v) is 8.64. The zero-order chi connectivity index (χ0) is 32.9. The van der Waals surface area contributed by atoms with Crippen molar-refractivity contribution in [3.63, 3.8) is 0 Å². The van der Waals surface area contributed by atoms with Gasteiger partial charge in [0.25, 0.3) is 5.91 Å². The van der Waals surface area contributed by atoms with Gasteiger partial charge < -0.3 is 9.64 Å². The third kappa shape index (κ3) is 6.48. The van der Waals surface area contributed by atoms with E-state index in [1.807, 2.05) is 24.3 Å². The molecule has 47 heavy (non-hydrogen) atoms. The van der Waals surface area contributed by atoms with Crippen LogP contribution in [0.1, 0.15) is 54.8 Å². The van der Waals surface area contributed by atoms with E-state index in [0.717, 1.165) is 24.0 Å². The van der Waals surface area contributed by atoms with E-state index < -0.39 is 45.4 Å². The first-order valence-corrected chi connectivity index (χ1v) is 17.8. The maximum atomic E-state index is 15.4. The van der Waals surface area contributed by atoms with Crippen LogP contribution in [0.5, 0.6) is 0 Å². The highest BCUT2D eigenvalue weighted by Gasteiger charge is 2.52. The first-order valence-electron chi connectivity index (χ1n) is 15.6. The highest BCUT2D eigenvalue weighted by atomic mass is 35.5. The van der Waals surface area contributed by atoms with Crippen molar-refractivity contribution in [2.45, 2.75) is 61.6 Å². The summed E-state index contributed by atoms with van der Waals surface area (Å²) in [4.78, 5) is 16.6.